The summed E-state index contributed by atoms with van der Waals surface area (Å²) in [5, 5.41) is 4.12. The second-order valence-corrected chi connectivity index (χ2v) is 5.40. The van der Waals surface area contributed by atoms with Gasteiger partial charge in [0.15, 0.2) is 5.82 Å². The Labute approximate surface area is 116 Å². The molecule has 2 aromatic rings. The van der Waals surface area contributed by atoms with Gasteiger partial charge in [0.2, 0.25) is 0 Å². The maximum Gasteiger partial charge on any atom is 0.293 e. The van der Waals surface area contributed by atoms with E-state index in [0.717, 1.165) is 11.4 Å². The SMILES string of the molecule is CCc1cnc(C(C)Nc2nccn(CC)c2=O)s1. The Morgan fingerprint density at radius 3 is 2.84 bits per heavy atom. The van der Waals surface area contributed by atoms with E-state index in [4.69, 9.17) is 0 Å². The lowest BCUT2D eigenvalue weighted by Crippen LogP contribution is -2.24. The highest BCUT2D eigenvalue weighted by molar-refractivity contribution is 7.11. The first-order valence-electron chi connectivity index (χ1n) is 6.42. The van der Waals surface area contributed by atoms with Crippen molar-refractivity contribution in [2.75, 3.05) is 5.32 Å². The Kier molecular flexibility index (Phi) is 4.31. The molecule has 1 atom stereocenters. The number of aromatic nitrogens is 3. The number of nitrogens with zero attached hydrogens (tertiary/aromatic N) is 3. The molecule has 0 spiro atoms. The predicted octanol–water partition coefficient (Wildman–Crippen LogP) is 2.46. The minimum atomic E-state index is -0.0934. The van der Waals surface area contributed by atoms with Crippen LogP contribution in [0.3, 0.4) is 0 Å². The summed E-state index contributed by atoms with van der Waals surface area (Å²) in [7, 11) is 0. The number of anilines is 1. The molecule has 2 rings (SSSR count). The second kappa shape index (κ2) is 5.97. The van der Waals surface area contributed by atoms with E-state index < -0.39 is 0 Å². The van der Waals surface area contributed by atoms with Crippen LogP contribution in [0.2, 0.25) is 0 Å². The molecule has 0 aliphatic heterocycles. The van der Waals surface area contributed by atoms with Gasteiger partial charge in [-0.15, -0.1) is 11.3 Å². The van der Waals surface area contributed by atoms with Crippen molar-refractivity contribution < 1.29 is 0 Å². The normalized spacial score (nSPS) is 12.4. The molecule has 0 saturated carbocycles. The van der Waals surface area contributed by atoms with Crippen LogP contribution in [0.1, 0.15) is 36.7 Å². The van der Waals surface area contributed by atoms with Crippen molar-refractivity contribution in [2.45, 2.75) is 39.8 Å². The van der Waals surface area contributed by atoms with E-state index >= 15 is 0 Å². The molecule has 5 nitrogen and oxygen atoms in total. The molecule has 6 heteroatoms. The summed E-state index contributed by atoms with van der Waals surface area (Å²) < 4.78 is 1.63. The molecule has 102 valence electrons. The van der Waals surface area contributed by atoms with Gasteiger partial charge in [-0.1, -0.05) is 6.92 Å². The van der Waals surface area contributed by atoms with Crippen LogP contribution in [-0.2, 0) is 13.0 Å². The second-order valence-electron chi connectivity index (χ2n) is 4.25. The van der Waals surface area contributed by atoms with Gasteiger partial charge in [-0.2, -0.15) is 0 Å². The summed E-state index contributed by atoms with van der Waals surface area (Å²) in [4.78, 5) is 21.8. The molecule has 2 heterocycles. The van der Waals surface area contributed by atoms with Gasteiger partial charge < -0.3 is 9.88 Å². The highest BCUT2D eigenvalue weighted by Gasteiger charge is 2.13. The minimum absolute atomic E-state index is 0.0155. The van der Waals surface area contributed by atoms with E-state index in [1.807, 2.05) is 20.0 Å². The van der Waals surface area contributed by atoms with Crippen LogP contribution in [0.4, 0.5) is 5.82 Å². The number of thiazole rings is 1. The fraction of sp³-hybridized carbons (Fsp3) is 0.462. The Morgan fingerprint density at radius 1 is 1.42 bits per heavy atom. The molecule has 0 bridgehead atoms. The Hall–Kier alpha value is -1.69. The summed E-state index contributed by atoms with van der Waals surface area (Å²) in [6.45, 7) is 6.67. The van der Waals surface area contributed by atoms with Crippen LogP contribution in [0, 0.1) is 0 Å². The zero-order chi connectivity index (χ0) is 13.8. The third-order valence-electron chi connectivity index (χ3n) is 2.90. The fourth-order valence-corrected chi connectivity index (χ4v) is 2.61. The van der Waals surface area contributed by atoms with Crippen LogP contribution >= 0.6 is 11.3 Å². The molecular weight excluding hydrogens is 260 g/mol. The third kappa shape index (κ3) is 3.01. The third-order valence-corrected chi connectivity index (χ3v) is 4.22. The highest BCUT2D eigenvalue weighted by Crippen LogP contribution is 2.22. The first kappa shape index (κ1) is 13.7. The smallest absolute Gasteiger partial charge is 0.293 e. The van der Waals surface area contributed by atoms with Crippen molar-refractivity contribution in [2.24, 2.45) is 0 Å². The molecule has 0 fully saturated rings. The summed E-state index contributed by atoms with van der Waals surface area (Å²) in [6.07, 6.45) is 6.20. The van der Waals surface area contributed by atoms with Gasteiger partial charge >= 0.3 is 0 Å². The molecule has 0 radical (unpaired) electrons. The lowest BCUT2D eigenvalue weighted by Gasteiger charge is -2.12. The summed E-state index contributed by atoms with van der Waals surface area (Å²) in [5.41, 5.74) is -0.0934. The van der Waals surface area contributed by atoms with Gasteiger partial charge in [0.1, 0.15) is 5.01 Å². The van der Waals surface area contributed by atoms with Crippen LogP contribution < -0.4 is 10.9 Å². The van der Waals surface area contributed by atoms with Crippen LogP contribution in [0.25, 0.3) is 0 Å². The molecule has 1 N–H and O–H groups in total. The molecule has 0 aliphatic carbocycles. The molecule has 0 amide bonds. The van der Waals surface area contributed by atoms with Crippen molar-refractivity contribution in [1.82, 2.24) is 14.5 Å². The molecular formula is C13H18N4OS. The van der Waals surface area contributed by atoms with Crippen LogP contribution in [0.5, 0.6) is 0 Å². The Bertz CT molecular complexity index is 605. The number of aryl methyl sites for hydroxylation is 2. The van der Waals surface area contributed by atoms with E-state index in [2.05, 4.69) is 22.2 Å². The van der Waals surface area contributed by atoms with Crippen molar-refractivity contribution >= 4 is 17.2 Å². The van der Waals surface area contributed by atoms with E-state index in [1.165, 1.54) is 4.88 Å². The van der Waals surface area contributed by atoms with Gasteiger partial charge in [-0.3, -0.25) is 4.79 Å². The van der Waals surface area contributed by atoms with E-state index in [1.54, 1.807) is 28.3 Å². The number of hydrogen-bond acceptors (Lipinski definition) is 5. The van der Waals surface area contributed by atoms with Crippen molar-refractivity contribution in [3.8, 4) is 0 Å². The van der Waals surface area contributed by atoms with E-state index in [0.29, 0.717) is 12.4 Å². The number of rotatable bonds is 5. The van der Waals surface area contributed by atoms with Gasteiger partial charge in [0, 0.05) is 30.0 Å². The average molecular weight is 278 g/mol. The standard InChI is InChI=1S/C13H18N4OS/c1-4-10-8-15-12(19-10)9(3)16-11-13(18)17(5-2)7-6-14-11/h6-9H,4-5H2,1-3H3,(H,14,16). The molecule has 19 heavy (non-hydrogen) atoms. The van der Waals surface area contributed by atoms with Gasteiger partial charge in [-0.05, 0) is 20.3 Å². The predicted molar refractivity (Wildman–Crippen MR) is 77.7 cm³/mol. The molecule has 2 aromatic heterocycles. The van der Waals surface area contributed by atoms with Gasteiger partial charge in [0.25, 0.3) is 5.56 Å². The van der Waals surface area contributed by atoms with E-state index in [-0.39, 0.29) is 11.6 Å². The quantitative estimate of drug-likeness (QED) is 0.912. The average Bonchev–Trinajstić information content (AvgIpc) is 2.90. The minimum Gasteiger partial charge on any atom is -0.357 e. The number of nitrogens with one attached hydrogen (secondary N) is 1. The zero-order valence-electron chi connectivity index (χ0n) is 11.4. The zero-order valence-corrected chi connectivity index (χ0v) is 12.2. The lowest BCUT2D eigenvalue weighted by molar-refractivity contribution is 0.714. The summed E-state index contributed by atoms with van der Waals surface area (Å²) in [5.74, 6) is 0.380. The molecule has 0 aliphatic rings. The van der Waals surface area contributed by atoms with E-state index in [9.17, 15) is 4.79 Å². The first-order valence-corrected chi connectivity index (χ1v) is 7.23. The summed E-state index contributed by atoms with van der Waals surface area (Å²) >= 11 is 1.67. The lowest BCUT2D eigenvalue weighted by atomic mass is 10.3. The molecule has 0 aromatic carbocycles. The van der Waals surface area contributed by atoms with Gasteiger partial charge in [0.05, 0.1) is 6.04 Å². The summed E-state index contributed by atoms with van der Waals surface area (Å²) in [6, 6.07) is -0.0155. The first-order chi connectivity index (χ1) is 9.15. The molecule has 0 saturated heterocycles. The van der Waals surface area contributed by atoms with Crippen molar-refractivity contribution in [3.05, 3.63) is 38.8 Å². The monoisotopic (exact) mass is 278 g/mol. The van der Waals surface area contributed by atoms with Gasteiger partial charge in [-0.25, -0.2) is 9.97 Å². The fourth-order valence-electron chi connectivity index (χ4n) is 1.75. The van der Waals surface area contributed by atoms with Crippen LogP contribution in [0.15, 0.2) is 23.4 Å². The number of hydrogen-bond donors (Lipinski definition) is 1. The topological polar surface area (TPSA) is 59.8 Å². The highest BCUT2D eigenvalue weighted by atomic mass is 32.1. The van der Waals surface area contributed by atoms with Crippen LogP contribution in [-0.4, -0.2) is 14.5 Å². The maximum atomic E-state index is 12.0. The largest absolute Gasteiger partial charge is 0.357 e. The molecule has 1 unspecified atom stereocenters. The van der Waals surface area contributed by atoms with Crippen molar-refractivity contribution in [3.63, 3.8) is 0 Å². The van der Waals surface area contributed by atoms with Crippen molar-refractivity contribution in [1.29, 1.82) is 0 Å². The maximum absolute atomic E-state index is 12.0. The Morgan fingerprint density at radius 2 is 2.21 bits per heavy atom. The Balaban J connectivity index is 2.19.